The number of nitrogens with one attached hydrogen (secondary N) is 1. The Morgan fingerprint density at radius 3 is 2.33 bits per heavy atom. The molecule has 40 heavy (non-hydrogen) atoms. The van der Waals surface area contributed by atoms with Crippen molar-refractivity contribution in [3.8, 4) is 0 Å². The predicted octanol–water partition coefficient (Wildman–Crippen LogP) is 2.48. The molecule has 0 radical (unpaired) electrons. The van der Waals surface area contributed by atoms with Crippen LogP contribution in [0.15, 0.2) is 0 Å². The van der Waals surface area contributed by atoms with E-state index in [1.165, 1.54) is 0 Å². The average molecular weight is 568 g/mol. The molecule has 0 spiro atoms. The van der Waals surface area contributed by atoms with Gasteiger partial charge >= 0.3 is 5.97 Å². The van der Waals surface area contributed by atoms with Gasteiger partial charge in [-0.1, -0.05) is 13.8 Å². The van der Waals surface area contributed by atoms with Crippen LogP contribution >= 0.6 is 0 Å². The van der Waals surface area contributed by atoms with Crippen LogP contribution in [0.5, 0.6) is 0 Å². The third-order valence-corrected chi connectivity index (χ3v) is 9.40. The van der Waals surface area contributed by atoms with Crippen LogP contribution < -0.4 is 5.32 Å². The van der Waals surface area contributed by atoms with E-state index in [9.17, 15) is 14.4 Å². The summed E-state index contributed by atoms with van der Waals surface area (Å²) in [6.07, 6.45) is 1.43. The summed E-state index contributed by atoms with van der Waals surface area (Å²) in [5, 5.41) is 2.90. The minimum atomic E-state index is -1.39. The lowest BCUT2D eigenvalue weighted by Gasteiger charge is -2.45. The molecule has 9 atom stereocenters. The van der Waals surface area contributed by atoms with Crippen LogP contribution in [0.25, 0.3) is 0 Å². The number of hydrogen-bond donors (Lipinski definition) is 1. The molecule has 0 aromatic heterocycles. The molecule has 1 N–H and O–H groups in total. The fourth-order valence-electron chi connectivity index (χ4n) is 6.91. The van der Waals surface area contributed by atoms with Gasteiger partial charge in [0.2, 0.25) is 5.91 Å². The molecule has 0 unspecified atom stereocenters. The third-order valence-electron chi connectivity index (χ3n) is 9.40. The molecule has 0 aliphatic carbocycles. The summed E-state index contributed by atoms with van der Waals surface area (Å²) in [4.78, 5) is 43.9. The molecule has 1 amide bonds. The van der Waals surface area contributed by atoms with E-state index >= 15 is 0 Å². The van der Waals surface area contributed by atoms with E-state index < -0.39 is 35.3 Å². The Morgan fingerprint density at radius 2 is 1.75 bits per heavy atom. The summed E-state index contributed by atoms with van der Waals surface area (Å²) in [7, 11) is 7.78. The zero-order valence-electron chi connectivity index (χ0n) is 26.3. The number of cyclic esters (lactones) is 1. The Hall–Kier alpha value is -1.59. The fraction of sp³-hybridized carbons (Fsp3) is 0.900. The number of hydrogen-bond acceptors (Lipinski definition) is 9. The van der Waals surface area contributed by atoms with Crippen LogP contribution in [-0.4, -0.2) is 112 Å². The van der Waals surface area contributed by atoms with Crippen molar-refractivity contribution < 1.29 is 33.3 Å². The zero-order valence-corrected chi connectivity index (χ0v) is 26.3. The second-order valence-electron chi connectivity index (χ2n) is 13.5. The molecule has 3 aliphatic heterocycles. The van der Waals surface area contributed by atoms with Crippen molar-refractivity contribution in [2.45, 2.75) is 103 Å². The maximum Gasteiger partial charge on any atom is 0.319 e. The Balaban J connectivity index is 1.97. The van der Waals surface area contributed by atoms with Crippen molar-refractivity contribution in [3.05, 3.63) is 0 Å². The monoisotopic (exact) mass is 567 g/mol. The van der Waals surface area contributed by atoms with E-state index in [2.05, 4.69) is 36.1 Å². The van der Waals surface area contributed by atoms with Crippen LogP contribution in [0.2, 0.25) is 0 Å². The molecule has 3 rings (SSSR count). The number of carbonyl (C=O) groups is 3. The maximum absolute atomic E-state index is 14.0. The normalized spacial score (nSPS) is 40.6. The van der Waals surface area contributed by atoms with Gasteiger partial charge in [-0.25, -0.2) is 0 Å². The van der Waals surface area contributed by atoms with Crippen molar-refractivity contribution in [1.29, 1.82) is 0 Å². The summed E-state index contributed by atoms with van der Waals surface area (Å²) < 4.78 is 25.0. The standard InChI is InChI=1S/C30H53N3O7/c1-18-14-30(6,37-10)27(40-25-13-22(32(7)8)11-19(2)39-25)20(3)26(35)29(4,5)28(36)38-17-23(33(9)16-18)21-12-24(34)31-15-21/h18-23,25,27H,11-17H2,1-10H3,(H,31,34)/t18-,19-,20+,21-,22+,23-,25+,27-,30-/m1/s1. The van der Waals surface area contributed by atoms with Crippen molar-refractivity contribution in [1.82, 2.24) is 15.1 Å². The van der Waals surface area contributed by atoms with Gasteiger partial charge in [0.1, 0.15) is 12.0 Å². The molecule has 0 aromatic rings. The molecule has 3 fully saturated rings. The van der Waals surface area contributed by atoms with Gasteiger partial charge < -0.3 is 29.2 Å². The smallest absolute Gasteiger partial charge is 0.319 e. The second kappa shape index (κ2) is 13.2. The molecule has 10 nitrogen and oxygen atoms in total. The number of carbonyl (C=O) groups excluding carboxylic acids is 3. The van der Waals surface area contributed by atoms with E-state index in [1.807, 2.05) is 27.8 Å². The van der Waals surface area contributed by atoms with Crippen molar-refractivity contribution >= 4 is 17.7 Å². The first-order chi connectivity index (χ1) is 18.6. The summed E-state index contributed by atoms with van der Waals surface area (Å²) in [5.74, 6) is -1.31. The largest absolute Gasteiger partial charge is 0.463 e. The number of esters is 1. The van der Waals surface area contributed by atoms with Gasteiger partial charge in [-0.2, -0.15) is 0 Å². The highest BCUT2D eigenvalue weighted by Gasteiger charge is 2.50. The summed E-state index contributed by atoms with van der Waals surface area (Å²) in [6, 6.07) is 0.131. The molecule has 3 heterocycles. The number of likely N-dealkylation sites (N-methyl/N-ethyl adjacent to an activating group) is 1. The first kappa shape index (κ1) is 32.9. The minimum Gasteiger partial charge on any atom is -0.463 e. The van der Waals surface area contributed by atoms with Gasteiger partial charge in [-0.15, -0.1) is 0 Å². The maximum atomic E-state index is 14.0. The summed E-state index contributed by atoms with van der Waals surface area (Å²) >= 11 is 0. The summed E-state index contributed by atoms with van der Waals surface area (Å²) in [6.45, 7) is 12.6. The molecule has 10 heteroatoms. The van der Waals surface area contributed by atoms with Gasteiger partial charge in [0.25, 0.3) is 0 Å². The molecular weight excluding hydrogens is 514 g/mol. The molecule has 3 saturated heterocycles. The van der Waals surface area contributed by atoms with Gasteiger partial charge in [-0.3, -0.25) is 19.3 Å². The first-order valence-corrected chi connectivity index (χ1v) is 14.8. The molecular formula is C30H53N3O7. The lowest BCUT2D eigenvalue weighted by atomic mass is 9.74. The third kappa shape index (κ3) is 7.43. The van der Waals surface area contributed by atoms with Gasteiger partial charge in [-0.05, 0) is 67.6 Å². The highest BCUT2D eigenvalue weighted by molar-refractivity contribution is 6.04. The van der Waals surface area contributed by atoms with E-state index in [-0.39, 0.29) is 48.3 Å². The van der Waals surface area contributed by atoms with Gasteiger partial charge in [0, 0.05) is 57.0 Å². The molecule has 230 valence electrons. The minimum absolute atomic E-state index is 0.00716. The van der Waals surface area contributed by atoms with Gasteiger partial charge in [0.15, 0.2) is 12.1 Å². The highest BCUT2D eigenvalue weighted by atomic mass is 16.7. The highest BCUT2D eigenvalue weighted by Crippen LogP contribution is 2.38. The Morgan fingerprint density at radius 1 is 1.07 bits per heavy atom. The number of rotatable bonds is 5. The van der Waals surface area contributed by atoms with Crippen LogP contribution in [0.1, 0.15) is 67.2 Å². The van der Waals surface area contributed by atoms with Crippen LogP contribution in [0, 0.1) is 23.2 Å². The first-order valence-electron chi connectivity index (χ1n) is 14.8. The lowest BCUT2D eigenvalue weighted by Crippen LogP contribution is -2.55. The van der Waals surface area contributed by atoms with E-state index in [1.54, 1.807) is 21.0 Å². The molecule has 3 aliphatic rings. The predicted molar refractivity (Wildman–Crippen MR) is 152 cm³/mol. The SMILES string of the molecule is CO[C@]1(C)C[C@@H](C)CN(C)[C@@H]([C@H]2CNC(=O)C2)COC(=O)C(C)(C)C(=O)[C@H](C)[C@H]1O[C@H]1C[C@@H](N(C)C)C[C@@H](C)O1. The number of methoxy groups -OCH3 is 1. The molecule has 0 saturated carbocycles. The molecule has 0 aromatic carbocycles. The van der Waals surface area contributed by atoms with Crippen LogP contribution in [-0.2, 0) is 33.3 Å². The Labute approximate surface area is 240 Å². The van der Waals surface area contributed by atoms with E-state index in [0.29, 0.717) is 32.4 Å². The number of ether oxygens (including phenoxy) is 4. The second-order valence-corrected chi connectivity index (χ2v) is 13.5. The van der Waals surface area contributed by atoms with Crippen molar-refractivity contribution in [3.63, 3.8) is 0 Å². The average Bonchev–Trinajstić information content (AvgIpc) is 3.30. The summed E-state index contributed by atoms with van der Waals surface area (Å²) in [5.41, 5.74) is -2.23. The van der Waals surface area contributed by atoms with Crippen molar-refractivity contribution in [2.24, 2.45) is 23.2 Å². The topological polar surface area (TPSA) is 107 Å². The fourth-order valence-corrected chi connectivity index (χ4v) is 6.91. The van der Waals surface area contributed by atoms with Gasteiger partial charge in [0.05, 0.1) is 17.8 Å². The quantitative estimate of drug-likeness (QED) is 0.396. The number of nitrogens with zero attached hydrogens (tertiary/aromatic N) is 2. The van der Waals surface area contributed by atoms with Crippen LogP contribution in [0.4, 0.5) is 0 Å². The zero-order chi connectivity index (χ0) is 30.0. The Bertz CT molecular complexity index is 912. The number of Topliss-reactive ketones (excluding diaryl/α,β-unsaturated/α-hetero) is 1. The number of ketones is 1. The molecule has 0 bridgehead atoms. The number of amides is 1. The Kier molecular flexibility index (Phi) is 10.8. The van der Waals surface area contributed by atoms with Crippen molar-refractivity contribution in [2.75, 3.05) is 47.9 Å². The lowest BCUT2D eigenvalue weighted by molar-refractivity contribution is -0.263. The van der Waals surface area contributed by atoms with E-state index in [4.69, 9.17) is 18.9 Å². The van der Waals surface area contributed by atoms with Crippen LogP contribution in [0.3, 0.4) is 0 Å². The van der Waals surface area contributed by atoms with E-state index in [0.717, 1.165) is 6.42 Å².